The monoisotopic (exact) mass is 331 g/mol. The summed E-state index contributed by atoms with van der Waals surface area (Å²) in [6, 6.07) is 12.7. The molecule has 2 aromatic carbocycles. The molecule has 0 aliphatic rings. The van der Waals surface area contributed by atoms with Crippen molar-refractivity contribution in [1.82, 2.24) is 5.16 Å². The molecular weight excluding hydrogens is 318 g/mol. The minimum absolute atomic E-state index is 0.101. The van der Waals surface area contributed by atoms with Crippen LogP contribution < -0.4 is 4.74 Å². The fourth-order valence-electron chi connectivity index (χ4n) is 2.24. The zero-order chi connectivity index (χ0) is 16.2. The number of aromatic nitrogens is 1. The Labute approximate surface area is 137 Å². The van der Waals surface area contributed by atoms with Crippen molar-refractivity contribution in [3.63, 3.8) is 0 Å². The zero-order valence-corrected chi connectivity index (χ0v) is 13.2. The van der Waals surface area contributed by atoms with Crippen molar-refractivity contribution in [3.05, 3.63) is 58.7 Å². The van der Waals surface area contributed by atoms with Gasteiger partial charge in [-0.2, -0.15) is 0 Å². The topological polar surface area (TPSA) is 61.6 Å². The number of methoxy groups -OCH3 is 1. The molecule has 0 fully saturated rings. The molecule has 0 N–H and O–H groups in total. The SMILES string of the molecule is COCC(=O)Oc1ccc2c(Cc3ccc(Cl)cc3)noc2c1. The van der Waals surface area contributed by atoms with E-state index in [1.54, 1.807) is 12.1 Å². The second-order valence-corrected chi connectivity index (χ2v) is 5.43. The third-order valence-electron chi connectivity index (χ3n) is 3.30. The molecule has 1 aromatic heterocycles. The maximum atomic E-state index is 11.4. The number of hydrogen-bond donors (Lipinski definition) is 0. The van der Waals surface area contributed by atoms with E-state index in [0.29, 0.717) is 22.8 Å². The number of carbonyl (C=O) groups is 1. The van der Waals surface area contributed by atoms with Crippen molar-refractivity contribution in [2.45, 2.75) is 6.42 Å². The maximum Gasteiger partial charge on any atom is 0.337 e. The molecule has 0 saturated carbocycles. The van der Waals surface area contributed by atoms with Crippen molar-refractivity contribution >= 4 is 28.5 Å². The van der Waals surface area contributed by atoms with Crippen molar-refractivity contribution in [2.75, 3.05) is 13.7 Å². The Hall–Kier alpha value is -2.37. The van der Waals surface area contributed by atoms with Crippen LogP contribution in [-0.4, -0.2) is 24.8 Å². The van der Waals surface area contributed by atoms with Gasteiger partial charge < -0.3 is 14.0 Å². The molecule has 0 amide bonds. The summed E-state index contributed by atoms with van der Waals surface area (Å²) in [5.41, 5.74) is 2.47. The van der Waals surface area contributed by atoms with Gasteiger partial charge >= 0.3 is 5.97 Å². The molecule has 0 spiro atoms. The minimum Gasteiger partial charge on any atom is -0.425 e. The van der Waals surface area contributed by atoms with Gasteiger partial charge in [-0.05, 0) is 29.8 Å². The fourth-order valence-corrected chi connectivity index (χ4v) is 2.36. The molecule has 3 rings (SSSR count). The van der Waals surface area contributed by atoms with Gasteiger partial charge in [0.2, 0.25) is 0 Å². The Balaban J connectivity index is 1.81. The van der Waals surface area contributed by atoms with Crippen LogP contribution in [0.15, 0.2) is 47.0 Å². The second-order valence-electron chi connectivity index (χ2n) is 5.00. The number of esters is 1. The first kappa shape index (κ1) is 15.5. The quantitative estimate of drug-likeness (QED) is 0.528. The number of carbonyl (C=O) groups excluding carboxylic acids is 1. The number of nitrogens with zero attached hydrogens (tertiary/aromatic N) is 1. The van der Waals surface area contributed by atoms with Gasteiger partial charge in [-0.3, -0.25) is 0 Å². The Morgan fingerprint density at radius 3 is 2.74 bits per heavy atom. The van der Waals surface area contributed by atoms with E-state index in [1.807, 2.05) is 30.3 Å². The van der Waals surface area contributed by atoms with E-state index < -0.39 is 5.97 Å². The highest BCUT2D eigenvalue weighted by molar-refractivity contribution is 6.30. The van der Waals surface area contributed by atoms with E-state index in [9.17, 15) is 4.79 Å². The molecule has 1 heterocycles. The van der Waals surface area contributed by atoms with E-state index >= 15 is 0 Å². The summed E-state index contributed by atoms with van der Waals surface area (Å²) in [4.78, 5) is 11.4. The molecule has 5 nitrogen and oxygen atoms in total. The average Bonchev–Trinajstić information content (AvgIpc) is 2.92. The van der Waals surface area contributed by atoms with Gasteiger partial charge in [-0.15, -0.1) is 0 Å². The summed E-state index contributed by atoms with van der Waals surface area (Å²) in [7, 11) is 1.43. The first-order chi connectivity index (χ1) is 11.2. The van der Waals surface area contributed by atoms with Gasteiger partial charge in [0.1, 0.15) is 12.4 Å². The highest BCUT2D eigenvalue weighted by atomic mass is 35.5. The van der Waals surface area contributed by atoms with E-state index in [1.165, 1.54) is 7.11 Å². The van der Waals surface area contributed by atoms with E-state index in [4.69, 9.17) is 25.6 Å². The van der Waals surface area contributed by atoms with Crippen LogP contribution in [0.4, 0.5) is 0 Å². The standard InChI is InChI=1S/C17H14ClNO4/c1-21-10-17(20)22-13-6-7-14-15(19-23-16(14)9-13)8-11-2-4-12(18)5-3-11/h2-7,9H,8,10H2,1H3. The Bertz CT molecular complexity index is 826. The van der Waals surface area contributed by atoms with Crippen LogP contribution in [0.25, 0.3) is 11.0 Å². The number of hydrogen-bond acceptors (Lipinski definition) is 5. The number of fused-ring (bicyclic) bond motifs is 1. The Kier molecular flexibility index (Phi) is 4.60. The van der Waals surface area contributed by atoms with Crippen molar-refractivity contribution in [2.24, 2.45) is 0 Å². The number of ether oxygens (including phenoxy) is 2. The molecule has 0 atom stereocenters. The van der Waals surface area contributed by atoms with Gasteiger partial charge in [-0.1, -0.05) is 28.9 Å². The van der Waals surface area contributed by atoms with Crippen molar-refractivity contribution in [3.8, 4) is 5.75 Å². The van der Waals surface area contributed by atoms with Gasteiger partial charge in [-0.25, -0.2) is 4.79 Å². The first-order valence-electron chi connectivity index (χ1n) is 6.98. The Morgan fingerprint density at radius 2 is 2.00 bits per heavy atom. The molecule has 6 heteroatoms. The van der Waals surface area contributed by atoms with Crippen LogP contribution in [0.5, 0.6) is 5.75 Å². The van der Waals surface area contributed by atoms with Crippen LogP contribution in [-0.2, 0) is 16.0 Å². The minimum atomic E-state index is -0.465. The summed E-state index contributed by atoms with van der Waals surface area (Å²) < 4.78 is 15.2. The van der Waals surface area contributed by atoms with Crippen molar-refractivity contribution < 1.29 is 18.8 Å². The summed E-state index contributed by atoms with van der Waals surface area (Å²) in [5.74, 6) is -0.0681. The summed E-state index contributed by atoms with van der Waals surface area (Å²) >= 11 is 5.89. The molecule has 0 aliphatic carbocycles. The lowest BCUT2D eigenvalue weighted by atomic mass is 10.1. The van der Waals surface area contributed by atoms with E-state index in [2.05, 4.69) is 5.16 Å². The predicted octanol–water partition coefficient (Wildman–Crippen LogP) is 3.62. The molecule has 0 bridgehead atoms. The van der Waals surface area contributed by atoms with Crippen molar-refractivity contribution in [1.29, 1.82) is 0 Å². The largest absolute Gasteiger partial charge is 0.425 e. The lowest BCUT2D eigenvalue weighted by Gasteiger charge is -2.03. The fraction of sp³-hybridized carbons (Fsp3) is 0.176. The molecular formula is C17H14ClNO4. The average molecular weight is 332 g/mol. The second kappa shape index (κ2) is 6.81. The summed E-state index contributed by atoms with van der Waals surface area (Å²) in [6.45, 7) is -0.101. The van der Waals surface area contributed by atoms with Crippen LogP contribution in [0, 0.1) is 0 Å². The number of halogens is 1. The Morgan fingerprint density at radius 1 is 1.22 bits per heavy atom. The van der Waals surface area contributed by atoms with Gasteiger partial charge in [0, 0.05) is 30.0 Å². The molecule has 0 radical (unpaired) electrons. The molecule has 118 valence electrons. The first-order valence-corrected chi connectivity index (χ1v) is 7.36. The third kappa shape index (κ3) is 3.70. The lowest BCUT2D eigenvalue weighted by molar-refractivity contribution is -0.138. The lowest BCUT2D eigenvalue weighted by Crippen LogP contribution is -2.13. The third-order valence-corrected chi connectivity index (χ3v) is 3.55. The maximum absolute atomic E-state index is 11.4. The summed E-state index contributed by atoms with van der Waals surface area (Å²) in [6.07, 6.45) is 0.632. The normalized spacial score (nSPS) is 10.9. The van der Waals surface area contributed by atoms with Gasteiger partial charge in [0.15, 0.2) is 5.58 Å². The molecule has 0 aliphatic heterocycles. The molecule has 3 aromatic rings. The van der Waals surface area contributed by atoms with Crippen LogP contribution >= 0.6 is 11.6 Å². The number of rotatable bonds is 5. The predicted molar refractivity (Wildman–Crippen MR) is 85.8 cm³/mol. The molecule has 0 unspecified atom stereocenters. The highest BCUT2D eigenvalue weighted by Crippen LogP contribution is 2.25. The highest BCUT2D eigenvalue weighted by Gasteiger charge is 2.12. The number of benzene rings is 2. The smallest absolute Gasteiger partial charge is 0.337 e. The van der Waals surface area contributed by atoms with Crippen LogP contribution in [0.3, 0.4) is 0 Å². The zero-order valence-electron chi connectivity index (χ0n) is 12.4. The molecule has 23 heavy (non-hydrogen) atoms. The van der Waals surface area contributed by atoms with Gasteiger partial charge in [0.25, 0.3) is 0 Å². The van der Waals surface area contributed by atoms with Gasteiger partial charge in [0.05, 0.1) is 5.69 Å². The van der Waals surface area contributed by atoms with E-state index in [0.717, 1.165) is 16.6 Å². The van der Waals surface area contributed by atoms with Crippen LogP contribution in [0.2, 0.25) is 5.02 Å². The summed E-state index contributed by atoms with van der Waals surface area (Å²) in [5, 5.41) is 5.67. The van der Waals surface area contributed by atoms with E-state index in [-0.39, 0.29) is 6.61 Å². The van der Waals surface area contributed by atoms with Crippen LogP contribution in [0.1, 0.15) is 11.3 Å². The molecule has 0 saturated heterocycles.